The topological polar surface area (TPSA) is 49.9 Å². The molecule has 104 valence electrons. The van der Waals surface area contributed by atoms with Gasteiger partial charge in [-0.15, -0.1) is 12.4 Å². The highest BCUT2D eigenvalue weighted by Crippen LogP contribution is 2.37. The summed E-state index contributed by atoms with van der Waals surface area (Å²) in [5.74, 6) is -0.164. The average molecular weight is 277 g/mol. The normalized spacial score (nSPS) is 24.1. The number of rotatable bonds is 0. The van der Waals surface area contributed by atoms with Crippen LogP contribution in [0.5, 0.6) is 0 Å². The highest BCUT2D eigenvalue weighted by atomic mass is 35.5. The van der Waals surface area contributed by atoms with Crippen molar-refractivity contribution in [3.05, 3.63) is 0 Å². The Morgan fingerprint density at radius 2 is 1.67 bits per heavy atom. The highest BCUT2D eigenvalue weighted by Gasteiger charge is 2.57. The van der Waals surface area contributed by atoms with Gasteiger partial charge in [-0.05, 0) is 27.8 Å². The summed E-state index contributed by atoms with van der Waals surface area (Å²) < 4.78 is 5.40. The summed E-state index contributed by atoms with van der Waals surface area (Å²) in [5.41, 5.74) is -1.40. The molecule has 0 aromatic carbocycles. The van der Waals surface area contributed by atoms with E-state index in [9.17, 15) is 9.59 Å². The molecule has 2 rings (SSSR count). The molecule has 0 bridgehead atoms. The van der Waals surface area contributed by atoms with Gasteiger partial charge in [-0.2, -0.15) is 0 Å². The average Bonchev–Trinajstić information content (AvgIpc) is 2.43. The van der Waals surface area contributed by atoms with Crippen LogP contribution in [0.15, 0.2) is 0 Å². The van der Waals surface area contributed by atoms with Gasteiger partial charge in [0, 0.05) is 31.5 Å². The lowest BCUT2D eigenvalue weighted by Gasteiger charge is -2.35. The summed E-state index contributed by atoms with van der Waals surface area (Å²) >= 11 is 0. The van der Waals surface area contributed by atoms with E-state index >= 15 is 0 Å². The smallest absolute Gasteiger partial charge is 0.418 e. The second kappa shape index (κ2) is 4.70. The van der Waals surface area contributed by atoms with Crippen LogP contribution in [0, 0.1) is 0 Å². The summed E-state index contributed by atoms with van der Waals surface area (Å²) in [4.78, 5) is 27.7. The maximum atomic E-state index is 12.4. The van der Waals surface area contributed by atoms with Crippen LogP contribution in [-0.2, 0) is 9.53 Å². The Balaban J connectivity index is 0.00000162. The molecule has 0 radical (unpaired) electrons. The maximum Gasteiger partial charge on any atom is 0.418 e. The molecule has 0 atom stereocenters. The molecule has 2 fully saturated rings. The van der Waals surface area contributed by atoms with Crippen LogP contribution in [0.3, 0.4) is 0 Å². The summed E-state index contributed by atoms with van der Waals surface area (Å²) in [7, 11) is 2.01. The van der Waals surface area contributed by atoms with Crippen LogP contribution >= 0.6 is 12.4 Å². The van der Waals surface area contributed by atoms with Crippen LogP contribution in [0.2, 0.25) is 0 Å². The second-order valence-corrected chi connectivity index (χ2v) is 5.98. The summed E-state index contributed by atoms with van der Waals surface area (Å²) in [6, 6.07) is 0. The fraction of sp³-hybridized carbons (Fsp3) is 0.833. The predicted octanol–water partition coefficient (Wildman–Crippen LogP) is 1.65. The number of piperidine rings is 1. The Hall–Kier alpha value is -0.810. The van der Waals surface area contributed by atoms with Crippen molar-refractivity contribution in [3.8, 4) is 0 Å². The number of hydrogen-bond acceptors (Lipinski definition) is 4. The minimum absolute atomic E-state index is 0. The van der Waals surface area contributed by atoms with Gasteiger partial charge in [0.25, 0.3) is 5.91 Å². The quantitative estimate of drug-likeness (QED) is 0.675. The molecule has 5 nitrogen and oxygen atoms in total. The largest absolute Gasteiger partial charge is 0.432 e. The first-order valence-corrected chi connectivity index (χ1v) is 6.02. The molecule has 2 saturated heterocycles. The van der Waals surface area contributed by atoms with E-state index in [-0.39, 0.29) is 18.3 Å². The van der Waals surface area contributed by atoms with Crippen molar-refractivity contribution in [2.45, 2.75) is 44.8 Å². The van der Waals surface area contributed by atoms with Crippen molar-refractivity contribution in [1.82, 2.24) is 9.80 Å². The molecule has 2 aliphatic heterocycles. The van der Waals surface area contributed by atoms with Gasteiger partial charge in [0.05, 0.1) is 0 Å². The Kier molecular flexibility index (Phi) is 3.98. The molecule has 0 aromatic heterocycles. The van der Waals surface area contributed by atoms with E-state index < -0.39 is 17.2 Å². The Morgan fingerprint density at radius 1 is 1.17 bits per heavy atom. The van der Waals surface area contributed by atoms with E-state index in [4.69, 9.17) is 4.74 Å². The van der Waals surface area contributed by atoms with Crippen molar-refractivity contribution in [2.24, 2.45) is 0 Å². The fourth-order valence-corrected chi connectivity index (χ4v) is 2.42. The van der Waals surface area contributed by atoms with Crippen molar-refractivity contribution in [1.29, 1.82) is 0 Å². The summed E-state index contributed by atoms with van der Waals surface area (Å²) in [6.07, 6.45) is 0.702. The van der Waals surface area contributed by atoms with Crippen molar-refractivity contribution in [3.63, 3.8) is 0 Å². The Labute approximate surface area is 114 Å². The second-order valence-electron chi connectivity index (χ2n) is 5.98. The number of carbonyl (C=O) groups excluding carboxylic acids is 2. The number of carbonyl (C=O) groups is 2. The van der Waals surface area contributed by atoms with E-state index in [1.54, 1.807) is 0 Å². The molecule has 0 N–H and O–H groups in total. The molecular weight excluding hydrogens is 256 g/mol. The van der Waals surface area contributed by atoms with E-state index in [0.29, 0.717) is 12.8 Å². The zero-order valence-electron chi connectivity index (χ0n) is 11.4. The molecule has 2 heterocycles. The highest BCUT2D eigenvalue weighted by molar-refractivity contribution is 6.03. The minimum atomic E-state index is -0.892. The van der Waals surface area contributed by atoms with E-state index in [0.717, 1.165) is 13.1 Å². The molecule has 1 spiro atoms. The van der Waals surface area contributed by atoms with Gasteiger partial charge < -0.3 is 9.64 Å². The first-order chi connectivity index (χ1) is 7.76. The van der Waals surface area contributed by atoms with Crippen molar-refractivity contribution >= 4 is 24.4 Å². The zero-order valence-corrected chi connectivity index (χ0v) is 12.2. The number of imide groups is 1. The van der Waals surface area contributed by atoms with Crippen molar-refractivity contribution in [2.75, 3.05) is 20.1 Å². The standard InChI is InChI=1S/C12H20N2O3.ClH/c1-11(2,3)14-9(15)12(17-10(14)16)5-7-13(4)8-6-12;/h5-8H2,1-4H3;1H. The molecule has 2 aliphatic rings. The molecule has 6 heteroatoms. The van der Waals surface area contributed by atoms with Gasteiger partial charge in [-0.3, -0.25) is 4.79 Å². The van der Waals surface area contributed by atoms with Crippen LogP contribution in [-0.4, -0.2) is 53.1 Å². The number of halogens is 1. The van der Waals surface area contributed by atoms with Crippen LogP contribution in [0.4, 0.5) is 4.79 Å². The van der Waals surface area contributed by atoms with Crippen LogP contribution in [0.1, 0.15) is 33.6 Å². The molecular formula is C12H21ClN2O3. The maximum absolute atomic E-state index is 12.4. The molecule has 2 amide bonds. The van der Waals surface area contributed by atoms with Gasteiger partial charge in [0.2, 0.25) is 0 Å². The van der Waals surface area contributed by atoms with E-state index in [1.807, 2.05) is 27.8 Å². The SMILES string of the molecule is CN1CCC2(CC1)OC(=O)N(C(C)(C)C)C2=O.Cl. The molecule has 0 aromatic rings. The summed E-state index contributed by atoms with van der Waals surface area (Å²) in [6.45, 7) is 7.12. The zero-order chi connectivity index (χ0) is 12.8. The summed E-state index contributed by atoms with van der Waals surface area (Å²) in [5, 5.41) is 0. The lowest BCUT2D eigenvalue weighted by Crippen LogP contribution is -2.52. The fourth-order valence-electron chi connectivity index (χ4n) is 2.42. The third-order valence-electron chi connectivity index (χ3n) is 3.52. The number of ether oxygens (including phenoxy) is 1. The van der Waals surface area contributed by atoms with Gasteiger partial charge in [-0.25, -0.2) is 9.69 Å². The number of amides is 2. The van der Waals surface area contributed by atoms with Crippen LogP contribution < -0.4 is 0 Å². The van der Waals surface area contributed by atoms with Gasteiger partial charge in [0.15, 0.2) is 5.60 Å². The number of nitrogens with zero attached hydrogens (tertiary/aromatic N) is 2. The Morgan fingerprint density at radius 3 is 2.06 bits per heavy atom. The van der Waals surface area contributed by atoms with Crippen molar-refractivity contribution < 1.29 is 14.3 Å². The Bertz CT molecular complexity index is 357. The van der Waals surface area contributed by atoms with E-state index in [2.05, 4.69) is 4.90 Å². The number of hydrogen-bond donors (Lipinski definition) is 0. The monoisotopic (exact) mass is 276 g/mol. The van der Waals surface area contributed by atoms with Crippen LogP contribution in [0.25, 0.3) is 0 Å². The molecule has 0 saturated carbocycles. The predicted molar refractivity (Wildman–Crippen MR) is 69.8 cm³/mol. The first-order valence-electron chi connectivity index (χ1n) is 6.02. The molecule has 0 aliphatic carbocycles. The molecule has 18 heavy (non-hydrogen) atoms. The van der Waals surface area contributed by atoms with Gasteiger partial charge in [0.1, 0.15) is 0 Å². The minimum Gasteiger partial charge on any atom is -0.432 e. The number of likely N-dealkylation sites (tertiary alicyclic amines) is 1. The first kappa shape index (κ1) is 15.2. The third kappa shape index (κ3) is 2.34. The molecule has 0 unspecified atom stereocenters. The van der Waals surface area contributed by atoms with Gasteiger partial charge in [-0.1, -0.05) is 0 Å². The van der Waals surface area contributed by atoms with Gasteiger partial charge >= 0.3 is 6.09 Å². The van der Waals surface area contributed by atoms with E-state index in [1.165, 1.54) is 4.90 Å². The lowest BCUT2D eigenvalue weighted by molar-refractivity contribution is -0.142. The third-order valence-corrected chi connectivity index (χ3v) is 3.52. The lowest BCUT2D eigenvalue weighted by atomic mass is 9.89.